The summed E-state index contributed by atoms with van der Waals surface area (Å²) in [7, 11) is 0. The van der Waals surface area contributed by atoms with Crippen LogP contribution in [0.2, 0.25) is 0 Å². The van der Waals surface area contributed by atoms with Gasteiger partial charge in [-0.15, -0.1) is 0 Å². The van der Waals surface area contributed by atoms with Gasteiger partial charge in [0.2, 0.25) is 5.91 Å². The largest absolute Gasteiger partial charge is 0.361 e. The Morgan fingerprint density at radius 3 is 2.64 bits per heavy atom. The zero-order valence-corrected chi connectivity index (χ0v) is 14.8. The lowest BCUT2D eigenvalue weighted by Gasteiger charge is -2.14. The zero-order valence-electron chi connectivity index (χ0n) is 14.8. The van der Waals surface area contributed by atoms with Crippen LogP contribution in [-0.4, -0.2) is 23.5 Å². The van der Waals surface area contributed by atoms with Gasteiger partial charge in [0.05, 0.1) is 6.04 Å². The minimum absolute atomic E-state index is 0.0109. The Hall–Kier alpha value is -2.59. The fourth-order valence-electron chi connectivity index (χ4n) is 2.93. The number of anilines is 1. The van der Waals surface area contributed by atoms with Crippen LogP contribution in [0.25, 0.3) is 10.9 Å². The van der Waals surface area contributed by atoms with E-state index in [-0.39, 0.29) is 11.9 Å². The van der Waals surface area contributed by atoms with Crippen LogP contribution in [0.5, 0.6) is 0 Å². The van der Waals surface area contributed by atoms with Gasteiger partial charge >= 0.3 is 0 Å². The number of aromatic nitrogens is 1. The first kappa shape index (κ1) is 17.2. The van der Waals surface area contributed by atoms with Gasteiger partial charge in [0.25, 0.3) is 0 Å². The number of benzene rings is 2. The number of para-hydroxylation sites is 1. The van der Waals surface area contributed by atoms with Gasteiger partial charge in [0, 0.05) is 22.8 Å². The van der Waals surface area contributed by atoms with E-state index in [1.165, 1.54) is 16.5 Å². The molecule has 1 atom stereocenters. The van der Waals surface area contributed by atoms with Crippen molar-refractivity contribution in [2.24, 2.45) is 0 Å². The lowest BCUT2D eigenvalue weighted by atomic mass is 10.1. The third-order valence-electron chi connectivity index (χ3n) is 4.54. The zero-order chi connectivity index (χ0) is 17.6. The molecule has 1 amide bonds. The van der Waals surface area contributed by atoms with Crippen molar-refractivity contribution in [3.05, 3.63) is 65.9 Å². The Bertz CT molecular complexity index is 836. The molecule has 0 aliphatic heterocycles. The van der Waals surface area contributed by atoms with Gasteiger partial charge < -0.3 is 15.6 Å². The minimum atomic E-state index is -0.240. The highest BCUT2D eigenvalue weighted by molar-refractivity contribution is 5.94. The van der Waals surface area contributed by atoms with Crippen LogP contribution in [0.1, 0.15) is 25.0 Å². The van der Waals surface area contributed by atoms with E-state index in [4.69, 9.17) is 0 Å². The fraction of sp³-hybridized carbons (Fsp3) is 0.286. The Kier molecular flexibility index (Phi) is 5.51. The first-order valence-electron chi connectivity index (χ1n) is 8.85. The van der Waals surface area contributed by atoms with Gasteiger partial charge in [-0.1, -0.05) is 37.3 Å². The Balaban J connectivity index is 1.49. The third-order valence-corrected chi connectivity index (χ3v) is 4.54. The van der Waals surface area contributed by atoms with E-state index in [0.717, 1.165) is 30.6 Å². The molecule has 0 unspecified atom stereocenters. The van der Waals surface area contributed by atoms with Crippen molar-refractivity contribution in [2.45, 2.75) is 32.7 Å². The summed E-state index contributed by atoms with van der Waals surface area (Å²) in [6.45, 7) is 4.77. The van der Waals surface area contributed by atoms with E-state index in [1.807, 2.05) is 49.5 Å². The van der Waals surface area contributed by atoms with Gasteiger partial charge in [0.15, 0.2) is 0 Å². The first-order chi connectivity index (χ1) is 12.2. The molecule has 130 valence electrons. The second kappa shape index (κ2) is 7.99. The van der Waals surface area contributed by atoms with Gasteiger partial charge in [-0.3, -0.25) is 4.79 Å². The molecule has 0 aliphatic rings. The molecule has 0 saturated heterocycles. The molecule has 0 fully saturated rings. The number of carbonyl (C=O) groups excluding carboxylic acids is 1. The molecule has 3 N–H and O–H groups in total. The van der Waals surface area contributed by atoms with E-state index in [2.05, 4.69) is 34.7 Å². The number of aromatic amines is 1. The van der Waals surface area contributed by atoms with E-state index < -0.39 is 0 Å². The van der Waals surface area contributed by atoms with E-state index in [0.29, 0.717) is 0 Å². The highest BCUT2D eigenvalue weighted by Crippen LogP contribution is 2.17. The maximum absolute atomic E-state index is 12.3. The van der Waals surface area contributed by atoms with Crippen LogP contribution < -0.4 is 10.6 Å². The molecule has 3 rings (SSSR count). The maximum Gasteiger partial charge on any atom is 0.241 e. The molecule has 4 heteroatoms. The SMILES string of the molecule is CCc1ccc(NC(=O)[C@H](C)NCCc2c[nH]c3ccccc23)cc1. The summed E-state index contributed by atoms with van der Waals surface area (Å²) in [4.78, 5) is 15.6. The smallest absolute Gasteiger partial charge is 0.241 e. The summed E-state index contributed by atoms with van der Waals surface area (Å²) in [6, 6.07) is 16.0. The molecule has 0 spiro atoms. The van der Waals surface area contributed by atoms with Crippen molar-refractivity contribution in [1.29, 1.82) is 0 Å². The summed E-state index contributed by atoms with van der Waals surface area (Å²) in [6.07, 6.45) is 3.93. The summed E-state index contributed by atoms with van der Waals surface area (Å²) in [5.74, 6) is -0.0109. The monoisotopic (exact) mass is 335 g/mol. The van der Waals surface area contributed by atoms with Crippen molar-refractivity contribution in [3.8, 4) is 0 Å². The number of H-pyrrole nitrogens is 1. The van der Waals surface area contributed by atoms with Crippen molar-refractivity contribution in [2.75, 3.05) is 11.9 Å². The number of rotatable bonds is 7. The van der Waals surface area contributed by atoms with E-state index in [1.54, 1.807) is 0 Å². The van der Waals surface area contributed by atoms with Crippen molar-refractivity contribution in [1.82, 2.24) is 10.3 Å². The first-order valence-corrected chi connectivity index (χ1v) is 8.85. The Labute approximate surface area is 148 Å². The van der Waals surface area contributed by atoms with Gasteiger partial charge in [-0.25, -0.2) is 0 Å². The molecular formula is C21H25N3O. The third kappa shape index (κ3) is 4.28. The van der Waals surface area contributed by atoms with E-state index >= 15 is 0 Å². The predicted octanol–water partition coefficient (Wildman–Crippen LogP) is 3.89. The number of carbonyl (C=O) groups is 1. The van der Waals surface area contributed by atoms with Crippen LogP contribution in [0.15, 0.2) is 54.7 Å². The number of amides is 1. The fourth-order valence-corrected chi connectivity index (χ4v) is 2.93. The summed E-state index contributed by atoms with van der Waals surface area (Å²) in [5.41, 5.74) is 4.53. The number of hydrogen-bond donors (Lipinski definition) is 3. The molecule has 25 heavy (non-hydrogen) atoms. The normalized spacial score (nSPS) is 12.2. The molecular weight excluding hydrogens is 310 g/mol. The highest BCUT2D eigenvalue weighted by Gasteiger charge is 2.12. The highest BCUT2D eigenvalue weighted by atomic mass is 16.2. The van der Waals surface area contributed by atoms with Crippen LogP contribution in [0.3, 0.4) is 0 Å². The van der Waals surface area contributed by atoms with Gasteiger partial charge in [0.1, 0.15) is 0 Å². The van der Waals surface area contributed by atoms with Crippen LogP contribution in [0, 0.1) is 0 Å². The molecule has 0 bridgehead atoms. The lowest BCUT2D eigenvalue weighted by Crippen LogP contribution is -2.39. The summed E-state index contributed by atoms with van der Waals surface area (Å²) in [5, 5.41) is 7.51. The molecule has 0 radical (unpaired) electrons. The van der Waals surface area contributed by atoms with Crippen LogP contribution >= 0.6 is 0 Å². The van der Waals surface area contributed by atoms with Crippen molar-refractivity contribution in [3.63, 3.8) is 0 Å². The second-order valence-electron chi connectivity index (χ2n) is 6.33. The topological polar surface area (TPSA) is 56.9 Å². The molecule has 0 saturated carbocycles. The van der Waals surface area contributed by atoms with Crippen LogP contribution in [0.4, 0.5) is 5.69 Å². The molecule has 0 aliphatic carbocycles. The van der Waals surface area contributed by atoms with Gasteiger partial charge in [-0.05, 0) is 55.6 Å². The number of fused-ring (bicyclic) bond motifs is 1. The molecule has 4 nitrogen and oxygen atoms in total. The van der Waals surface area contributed by atoms with Crippen LogP contribution in [-0.2, 0) is 17.6 Å². The average molecular weight is 335 g/mol. The summed E-state index contributed by atoms with van der Waals surface area (Å²) < 4.78 is 0. The number of aryl methyl sites for hydroxylation is 1. The maximum atomic E-state index is 12.3. The number of hydrogen-bond acceptors (Lipinski definition) is 2. The quantitative estimate of drug-likeness (QED) is 0.613. The molecule has 2 aromatic carbocycles. The second-order valence-corrected chi connectivity index (χ2v) is 6.33. The predicted molar refractivity (Wildman–Crippen MR) is 104 cm³/mol. The molecule has 3 aromatic rings. The average Bonchev–Trinajstić information content (AvgIpc) is 3.05. The van der Waals surface area contributed by atoms with Crippen molar-refractivity contribution >= 4 is 22.5 Å². The lowest BCUT2D eigenvalue weighted by molar-refractivity contribution is -0.117. The summed E-state index contributed by atoms with van der Waals surface area (Å²) >= 11 is 0. The number of nitrogens with one attached hydrogen (secondary N) is 3. The van der Waals surface area contributed by atoms with Crippen molar-refractivity contribution < 1.29 is 4.79 Å². The standard InChI is InChI=1S/C21H25N3O/c1-3-16-8-10-18(11-9-16)24-21(25)15(2)22-13-12-17-14-23-20-7-5-4-6-19(17)20/h4-11,14-15,22-23H,3,12-13H2,1-2H3,(H,24,25)/t15-/m0/s1. The molecule has 1 aromatic heterocycles. The minimum Gasteiger partial charge on any atom is -0.361 e. The molecule has 1 heterocycles. The Morgan fingerprint density at radius 2 is 1.88 bits per heavy atom. The van der Waals surface area contributed by atoms with Gasteiger partial charge in [-0.2, -0.15) is 0 Å². The van der Waals surface area contributed by atoms with E-state index in [9.17, 15) is 4.79 Å². The Morgan fingerprint density at radius 1 is 1.12 bits per heavy atom.